The molecule has 0 aromatic heterocycles. The molecule has 106 valence electrons. The Balaban J connectivity index is 3.34. The summed E-state index contributed by atoms with van der Waals surface area (Å²) >= 11 is 0. The molecule has 1 unspecified atom stereocenters. The summed E-state index contributed by atoms with van der Waals surface area (Å²) in [5.41, 5.74) is 0.325. The summed E-state index contributed by atoms with van der Waals surface area (Å²) < 4.78 is 26.9. The lowest BCUT2D eigenvalue weighted by Crippen LogP contribution is -2.31. The molecule has 0 bridgehead atoms. The Morgan fingerprint density at radius 1 is 1.32 bits per heavy atom. The van der Waals surface area contributed by atoms with Gasteiger partial charge in [0.1, 0.15) is 0 Å². The first-order valence-corrected chi connectivity index (χ1v) is 7.62. The van der Waals surface area contributed by atoms with Gasteiger partial charge in [0.05, 0.1) is 10.8 Å². The highest BCUT2D eigenvalue weighted by atomic mass is 32.2. The third kappa shape index (κ3) is 3.78. The molecule has 0 saturated carbocycles. The molecule has 19 heavy (non-hydrogen) atoms. The van der Waals surface area contributed by atoms with Crippen LogP contribution in [0.1, 0.15) is 38.7 Å². The van der Waals surface area contributed by atoms with Crippen LogP contribution < -0.4 is 4.72 Å². The Bertz CT molecular complexity index is 552. The molecular formula is C13H19NO4S. The third-order valence-electron chi connectivity index (χ3n) is 2.68. The molecule has 2 N–H and O–H groups in total. The maximum Gasteiger partial charge on any atom is 0.311 e. The second kappa shape index (κ2) is 6.16. The van der Waals surface area contributed by atoms with Gasteiger partial charge in [-0.15, -0.1) is 0 Å². The van der Waals surface area contributed by atoms with Crippen molar-refractivity contribution >= 4 is 16.0 Å². The van der Waals surface area contributed by atoms with Crippen molar-refractivity contribution in [1.82, 2.24) is 4.72 Å². The fraction of sp³-hybridized carbons (Fsp3) is 0.462. The number of rotatable bonds is 6. The molecule has 6 heteroatoms. The van der Waals surface area contributed by atoms with E-state index in [2.05, 4.69) is 4.72 Å². The van der Waals surface area contributed by atoms with Crippen LogP contribution in [0.25, 0.3) is 0 Å². The van der Waals surface area contributed by atoms with Crippen LogP contribution >= 0.6 is 0 Å². The smallest absolute Gasteiger partial charge is 0.311 e. The highest BCUT2D eigenvalue weighted by molar-refractivity contribution is 7.89. The van der Waals surface area contributed by atoms with Crippen LogP contribution in [-0.2, 0) is 14.8 Å². The van der Waals surface area contributed by atoms with Gasteiger partial charge in [-0.1, -0.05) is 25.1 Å². The van der Waals surface area contributed by atoms with Crippen LogP contribution in [-0.4, -0.2) is 25.5 Å². The summed E-state index contributed by atoms with van der Waals surface area (Å²) in [6, 6.07) is 5.98. The average Bonchev–Trinajstić information content (AvgIpc) is 2.28. The zero-order chi connectivity index (χ0) is 14.6. The Hall–Kier alpha value is -1.40. The molecule has 1 aromatic rings. The topological polar surface area (TPSA) is 83.5 Å². The summed E-state index contributed by atoms with van der Waals surface area (Å²) in [6.07, 6.45) is 0.337. The second-order valence-corrected chi connectivity index (χ2v) is 6.30. The summed E-state index contributed by atoms with van der Waals surface area (Å²) in [5.74, 6) is -1.84. The molecule has 5 nitrogen and oxygen atoms in total. The van der Waals surface area contributed by atoms with Crippen molar-refractivity contribution in [3.8, 4) is 0 Å². The number of benzene rings is 1. The van der Waals surface area contributed by atoms with Gasteiger partial charge in [-0.05, 0) is 31.9 Å². The Kier molecular flexibility index (Phi) is 5.08. The molecule has 0 aliphatic heterocycles. The number of hydrogen-bond donors (Lipinski definition) is 2. The molecule has 0 radical (unpaired) electrons. The van der Waals surface area contributed by atoms with E-state index >= 15 is 0 Å². The van der Waals surface area contributed by atoms with E-state index in [0.29, 0.717) is 12.0 Å². The monoisotopic (exact) mass is 285 g/mol. The van der Waals surface area contributed by atoms with Gasteiger partial charge in [0, 0.05) is 6.04 Å². The van der Waals surface area contributed by atoms with Crippen LogP contribution in [0.3, 0.4) is 0 Å². The zero-order valence-corrected chi connectivity index (χ0v) is 12.1. The van der Waals surface area contributed by atoms with Gasteiger partial charge in [0.25, 0.3) is 0 Å². The lowest BCUT2D eigenvalue weighted by atomic mass is 9.97. The lowest BCUT2D eigenvalue weighted by Gasteiger charge is -2.17. The molecule has 0 aliphatic rings. The van der Waals surface area contributed by atoms with E-state index in [-0.39, 0.29) is 10.9 Å². The fourth-order valence-corrected chi connectivity index (χ4v) is 3.44. The van der Waals surface area contributed by atoms with Crippen LogP contribution in [0.15, 0.2) is 29.2 Å². The first-order chi connectivity index (χ1) is 8.79. The van der Waals surface area contributed by atoms with Crippen molar-refractivity contribution in [2.24, 2.45) is 0 Å². The van der Waals surface area contributed by atoms with E-state index in [0.717, 1.165) is 0 Å². The maximum atomic E-state index is 12.2. The summed E-state index contributed by atoms with van der Waals surface area (Å²) in [7, 11) is -3.69. The standard InChI is InChI=1S/C13H19NO4S/c1-4-10(13(15)16)11-7-5-6-8-12(11)19(17,18)14-9(2)3/h5-10,14H,4H2,1-3H3,(H,15,16). The van der Waals surface area contributed by atoms with Gasteiger partial charge in [0.15, 0.2) is 0 Å². The van der Waals surface area contributed by atoms with Crippen molar-refractivity contribution < 1.29 is 18.3 Å². The van der Waals surface area contributed by atoms with Crippen LogP contribution in [0.4, 0.5) is 0 Å². The number of nitrogens with one attached hydrogen (secondary N) is 1. The van der Waals surface area contributed by atoms with Crippen molar-refractivity contribution in [2.45, 2.75) is 44.0 Å². The van der Waals surface area contributed by atoms with Gasteiger partial charge < -0.3 is 5.11 Å². The quantitative estimate of drug-likeness (QED) is 0.836. The highest BCUT2D eigenvalue weighted by Gasteiger charge is 2.26. The number of carboxylic acids is 1. The summed E-state index contributed by atoms with van der Waals surface area (Å²) in [4.78, 5) is 11.3. The first-order valence-electron chi connectivity index (χ1n) is 6.13. The molecule has 0 fully saturated rings. The van der Waals surface area contributed by atoms with Gasteiger partial charge in [0.2, 0.25) is 10.0 Å². The second-order valence-electron chi connectivity index (χ2n) is 4.61. The molecule has 0 heterocycles. The number of carbonyl (C=O) groups is 1. The molecule has 0 saturated heterocycles. The van der Waals surface area contributed by atoms with Gasteiger partial charge in [-0.25, -0.2) is 13.1 Å². The molecule has 0 spiro atoms. The average molecular weight is 285 g/mol. The van der Waals surface area contributed by atoms with Crippen molar-refractivity contribution in [2.75, 3.05) is 0 Å². The SMILES string of the molecule is CCC(C(=O)O)c1ccccc1S(=O)(=O)NC(C)C. The van der Waals surface area contributed by atoms with Crippen LogP contribution in [0, 0.1) is 0 Å². The van der Waals surface area contributed by atoms with E-state index in [4.69, 9.17) is 0 Å². The predicted molar refractivity (Wildman–Crippen MR) is 72.6 cm³/mol. The molecule has 0 amide bonds. The number of aliphatic carboxylic acids is 1. The van der Waals surface area contributed by atoms with E-state index < -0.39 is 21.9 Å². The number of sulfonamides is 1. The molecule has 1 rings (SSSR count). The lowest BCUT2D eigenvalue weighted by molar-refractivity contribution is -0.138. The minimum atomic E-state index is -3.69. The van der Waals surface area contributed by atoms with Crippen molar-refractivity contribution in [3.05, 3.63) is 29.8 Å². The van der Waals surface area contributed by atoms with Crippen LogP contribution in [0.5, 0.6) is 0 Å². The minimum absolute atomic E-state index is 0.0398. The first kappa shape index (κ1) is 15.7. The molecule has 0 aliphatic carbocycles. The fourth-order valence-electron chi connectivity index (χ4n) is 1.91. The predicted octanol–water partition coefficient (Wildman–Crippen LogP) is 1.95. The van der Waals surface area contributed by atoms with Gasteiger partial charge in [-0.2, -0.15) is 0 Å². The van der Waals surface area contributed by atoms with E-state index in [9.17, 15) is 18.3 Å². The molecular weight excluding hydrogens is 266 g/mol. The van der Waals surface area contributed by atoms with Crippen molar-refractivity contribution in [3.63, 3.8) is 0 Å². The Morgan fingerprint density at radius 2 is 1.89 bits per heavy atom. The number of hydrogen-bond acceptors (Lipinski definition) is 3. The normalized spacial score (nSPS) is 13.5. The van der Waals surface area contributed by atoms with E-state index in [1.165, 1.54) is 6.07 Å². The van der Waals surface area contributed by atoms with Crippen LogP contribution in [0.2, 0.25) is 0 Å². The van der Waals surface area contributed by atoms with Crippen molar-refractivity contribution in [1.29, 1.82) is 0 Å². The number of carboxylic acid groups (broad SMARTS) is 1. The minimum Gasteiger partial charge on any atom is -0.481 e. The summed E-state index contributed by atoms with van der Waals surface area (Å²) in [5, 5.41) is 9.18. The van der Waals surface area contributed by atoms with Gasteiger partial charge >= 0.3 is 5.97 Å². The third-order valence-corrected chi connectivity index (χ3v) is 4.41. The Morgan fingerprint density at radius 3 is 2.37 bits per heavy atom. The van der Waals surface area contributed by atoms with E-state index in [1.54, 1.807) is 39.0 Å². The summed E-state index contributed by atoms with van der Waals surface area (Å²) in [6.45, 7) is 5.15. The highest BCUT2D eigenvalue weighted by Crippen LogP contribution is 2.26. The Labute approximate surface area is 113 Å². The van der Waals surface area contributed by atoms with Gasteiger partial charge in [-0.3, -0.25) is 4.79 Å². The van der Waals surface area contributed by atoms with E-state index in [1.807, 2.05) is 0 Å². The largest absolute Gasteiger partial charge is 0.481 e. The zero-order valence-electron chi connectivity index (χ0n) is 11.3. The molecule has 1 atom stereocenters. The maximum absolute atomic E-state index is 12.2. The molecule has 1 aromatic carbocycles.